The predicted octanol–water partition coefficient (Wildman–Crippen LogP) is 2.62. The zero-order valence-electron chi connectivity index (χ0n) is 11.2. The van der Waals surface area contributed by atoms with E-state index in [9.17, 15) is 0 Å². The molecule has 0 saturated heterocycles. The molecule has 1 aromatic heterocycles. The van der Waals surface area contributed by atoms with Crippen molar-refractivity contribution in [3.63, 3.8) is 0 Å². The Balaban J connectivity index is 2.61. The molecule has 3 heteroatoms. The first-order valence-electron chi connectivity index (χ1n) is 6.55. The van der Waals surface area contributed by atoms with Gasteiger partial charge in [-0.1, -0.05) is 20.8 Å². The lowest BCUT2D eigenvalue weighted by molar-refractivity contribution is 0.416. The van der Waals surface area contributed by atoms with Crippen LogP contribution in [0.15, 0.2) is 18.5 Å². The maximum atomic E-state index is 5.96. The molecule has 0 aliphatic rings. The lowest BCUT2D eigenvalue weighted by Gasteiger charge is -2.21. The number of pyridine rings is 1. The first-order valence-corrected chi connectivity index (χ1v) is 6.55. The van der Waals surface area contributed by atoms with Gasteiger partial charge in [-0.3, -0.25) is 4.98 Å². The highest BCUT2D eigenvalue weighted by Crippen LogP contribution is 2.15. The van der Waals surface area contributed by atoms with Gasteiger partial charge in [0.1, 0.15) is 0 Å². The van der Waals surface area contributed by atoms with Crippen LogP contribution in [0.2, 0.25) is 0 Å². The van der Waals surface area contributed by atoms with Crippen molar-refractivity contribution in [2.24, 2.45) is 5.92 Å². The Hall–Kier alpha value is -1.09. The van der Waals surface area contributed by atoms with E-state index in [-0.39, 0.29) is 0 Å². The van der Waals surface area contributed by atoms with Crippen LogP contribution in [0.3, 0.4) is 0 Å². The third-order valence-corrected chi connectivity index (χ3v) is 2.85. The van der Waals surface area contributed by atoms with Crippen molar-refractivity contribution in [1.82, 2.24) is 10.3 Å². The van der Waals surface area contributed by atoms with Crippen molar-refractivity contribution in [2.45, 2.75) is 46.1 Å². The molecule has 1 atom stereocenters. The monoisotopic (exact) mass is 235 g/mol. The van der Waals surface area contributed by atoms with E-state index >= 15 is 0 Å². The van der Waals surface area contributed by atoms with Gasteiger partial charge in [0, 0.05) is 24.1 Å². The molecule has 0 spiro atoms. The Kier molecular flexibility index (Phi) is 5.98. The summed E-state index contributed by atoms with van der Waals surface area (Å²) in [6, 6.07) is 2.38. The Morgan fingerprint density at radius 1 is 1.41 bits per heavy atom. The molecule has 1 aromatic rings. The summed E-state index contributed by atoms with van der Waals surface area (Å²) in [4.78, 5) is 4.15. The summed E-state index contributed by atoms with van der Waals surface area (Å²) in [6.45, 7) is 7.77. The molecular formula is C14H25N3. The van der Waals surface area contributed by atoms with Gasteiger partial charge in [0.2, 0.25) is 0 Å². The second-order valence-corrected chi connectivity index (χ2v) is 5.06. The van der Waals surface area contributed by atoms with Crippen molar-refractivity contribution < 1.29 is 0 Å². The van der Waals surface area contributed by atoms with Crippen LogP contribution in [0, 0.1) is 5.92 Å². The van der Waals surface area contributed by atoms with E-state index in [4.69, 9.17) is 5.73 Å². The summed E-state index contributed by atoms with van der Waals surface area (Å²) in [5.74, 6) is 0.697. The quantitative estimate of drug-likeness (QED) is 0.764. The fraction of sp³-hybridized carbons (Fsp3) is 0.643. The van der Waals surface area contributed by atoms with Gasteiger partial charge in [0.05, 0.1) is 0 Å². The van der Waals surface area contributed by atoms with Crippen LogP contribution in [0.5, 0.6) is 0 Å². The number of anilines is 1. The molecule has 0 radical (unpaired) electrons. The fourth-order valence-corrected chi connectivity index (χ4v) is 2.03. The summed E-state index contributed by atoms with van der Waals surface area (Å²) in [5.41, 5.74) is 7.97. The predicted molar refractivity (Wildman–Crippen MR) is 73.9 cm³/mol. The number of nitrogens with two attached hydrogens (primary N) is 1. The number of hydrogen-bond donors (Lipinski definition) is 2. The van der Waals surface area contributed by atoms with Gasteiger partial charge < -0.3 is 11.1 Å². The SMILES string of the molecule is CCCNC(Cc1cnccc1N)CC(C)C. The van der Waals surface area contributed by atoms with E-state index in [0.29, 0.717) is 12.0 Å². The van der Waals surface area contributed by atoms with Crippen molar-refractivity contribution in [3.05, 3.63) is 24.0 Å². The van der Waals surface area contributed by atoms with E-state index in [1.54, 1.807) is 6.20 Å². The van der Waals surface area contributed by atoms with Gasteiger partial charge in [-0.15, -0.1) is 0 Å². The van der Waals surface area contributed by atoms with Crippen molar-refractivity contribution in [2.75, 3.05) is 12.3 Å². The van der Waals surface area contributed by atoms with Gasteiger partial charge >= 0.3 is 0 Å². The minimum atomic E-state index is 0.501. The summed E-state index contributed by atoms with van der Waals surface area (Å²) in [7, 11) is 0. The van der Waals surface area contributed by atoms with E-state index in [1.807, 2.05) is 12.3 Å². The number of nitrogens with one attached hydrogen (secondary N) is 1. The van der Waals surface area contributed by atoms with Crippen molar-refractivity contribution in [3.8, 4) is 0 Å². The number of nitrogens with zero attached hydrogens (tertiary/aromatic N) is 1. The van der Waals surface area contributed by atoms with Crippen LogP contribution >= 0.6 is 0 Å². The average Bonchev–Trinajstić information content (AvgIpc) is 2.28. The minimum absolute atomic E-state index is 0.501. The van der Waals surface area contributed by atoms with E-state index in [2.05, 4.69) is 31.1 Å². The van der Waals surface area contributed by atoms with Gasteiger partial charge in [-0.05, 0) is 43.4 Å². The zero-order valence-corrected chi connectivity index (χ0v) is 11.2. The molecule has 17 heavy (non-hydrogen) atoms. The normalized spacial score (nSPS) is 12.9. The van der Waals surface area contributed by atoms with Crippen LogP contribution in [0.25, 0.3) is 0 Å². The molecule has 0 saturated carbocycles. The summed E-state index contributed by atoms with van der Waals surface area (Å²) in [5, 5.41) is 3.59. The van der Waals surface area contributed by atoms with Crippen LogP contribution < -0.4 is 11.1 Å². The maximum Gasteiger partial charge on any atom is 0.0378 e. The largest absolute Gasteiger partial charge is 0.398 e. The second kappa shape index (κ2) is 7.28. The molecule has 0 aliphatic heterocycles. The van der Waals surface area contributed by atoms with Gasteiger partial charge in [-0.2, -0.15) is 0 Å². The highest BCUT2D eigenvalue weighted by molar-refractivity contribution is 5.44. The van der Waals surface area contributed by atoms with Gasteiger partial charge in [0.25, 0.3) is 0 Å². The molecule has 96 valence electrons. The first-order chi connectivity index (χ1) is 8.13. The molecule has 3 nitrogen and oxygen atoms in total. The average molecular weight is 235 g/mol. The minimum Gasteiger partial charge on any atom is -0.398 e. The summed E-state index contributed by atoms with van der Waals surface area (Å²) >= 11 is 0. The fourth-order valence-electron chi connectivity index (χ4n) is 2.03. The third-order valence-electron chi connectivity index (χ3n) is 2.85. The van der Waals surface area contributed by atoms with Crippen LogP contribution in [0.1, 0.15) is 39.2 Å². The van der Waals surface area contributed by atoms with E-state index < -0.39 is 0 Å². The highest BCUT2D eigenvalue weighted by Gasteiger charge is 2.12. The first kappa shape index (κ1) is 14.0. The molecule has 1 heterocycles. The van der Waals surface area contributed by atoms with Crippen molar-refractivity contribution in [1.29, 1.82) is 0 Å². The molecule has 3 N–H and O–H groups in total. The highest BCUT2D eigenvalue weighted by atomic mass is 14.9. The maximum absolute atomic E-state index is 5.96. The van der Waals surface area contributed by atoms with Crippen LogP contribution in [-0.2, 0) is 6.42 Å². The Morgan fingerprint density at radius 3 is 2.76 bits per heavy atom. The Bertz CT molecular complexity index is 323. The molecule has 0 aliphatic carbocycles. The van der Waals surface area contributed by atoms with Crippen LogP contribution in [0.4, 0.5) is 5.69 Å². The molecular weight excluding hydrogens is 210 g/mol. The van der Waals surface area contributed by atoms with Crippen molar-refractivity contribution >= 4 is 5.69 Å². The van der Waals surface area contributed by atoms with Gasteiger partial charge in [-0.25, -0.2) is 0 Å². The molecule has 0 bridgehead atoms. The molecule has 0 amide bonds. The Labute approximate surface area is 105 Å². The van der Waals surface area contributed by atoms with Gasteiger partial charge in [0.15, 0.2) is 0 Å². The Morgan fingerprint density at radius 2 is 2.18 bits per heavy atom. The zero-order chi connectivity index (χ0) is 12.7. The van der Waals surface area contributed by atoms with E-state index in [0.717, 1.165) is 30.6 Å². The van der Waals surface area contributed by atoms with Crippen LogP contribution in [-0.4, -0.2) is 17.6 Å². The lowest BCUT2D eigenvalue weighted by Crippen LogP contribution is -2.33. The smallest absolute Gasteiger partial charge is 0.0378 e. The standard InChI is InChI=1S/C14H25N3/c1-4-6-17-13(8-11(2)3)9-12-10-16-7-5-14(12)15/h5,7,10-11,13,17H,4,6,8-9H2,1-3H3,(H2,15,16). The topological polar surface area (TPSA) is 50.9 Å². The second-order valence-electron chi connectivity index (χ2n) is 5.06. The number of aromatic nitrogens is 1. The third kappa shape index (κ3) is 5.18. The molecule has 1 unspecified atom stereocenters. The number of hydrogen-bond acceptors (Lipinski definition) is 3. The molecule has 0 fully saturated rings. The molecule has 1 rings (SSSR count). The lowest BCUT2D eigenvalue weighted by atomic mass is 9.97. The van der Waals surface area contributed by atoms with E-state index in [1.165, 1.54) is 6.42 Å². The summed E-state index contributed by atoms with van der Waals surface area (Å²) < 4.78 is 0. The number of rotatable bonds is 7. The summed E-state index contributed by atoms with van der Waals surface area (Å²) in [6.07, 6.45) is 6.94. The molecule has 0 aromatic carbocycles. The number of nitrogen functional groups attached to an aromatic ring is 1.